The molecule has 1 heterocycles. The van der Waals surface area contributed by atoms with E-state index in [0.29, 0.717) is 5.69 Å². The van der Waals surface area contributed by atoms with Gasteiger partial charge in [0, 0.05) is 4.47 Å². The number of rotatable bonds is 3. The van der Waals surface area contributed by atoms with Crippen LogP contribution < -0.4 is 4.72 Å². The minimum Gasteiger partial charge on any atom is -0.280 e. The highest BCUT2D eigenvalue weighted by Gasteiger charge is 2.14. The molecule has 0 aliphatic carbocycles. The largest absolute Gasteiger partial charge is 0.280 e. The van der Waals surface area contributed by atoms with Gasteiger partial charge in [-0.3, -0.25) is 4.72 Å². The second-order valence-corrected chi connectivity index (χ2v) is 7.58. The summed E-state index contributed by atoms with van der Waals surface area (Å²) >= 11 is 4.75. The Bertz CT molecular complexity index is 857. The number of fused-ring (bicyclic) bond motifs is 1. The minimum absolute atomic E-state index is 0.227. The first-order valence-electron chi connectivity index (χ1n) is 5.66. The van der Waals surface area contributed by atoms with Crippen molar-refractivity contribution in [2.75, 3.05) is 4.72 Å². The maximum atomic E-state index is 12.2. The molecular weight excluding hydrogens is 360 g/mol. The average Bonchev–Trinajstić information content (AvgIpc) is 2.86. The molecule has 0 saturated carbocycles. The third-order valence-corrected chi connectivity index (χ3v) is 5.43. The molecule has 0 aliphatic heterocycles. The lowest BCUT2D eigenvalue weighted by molar-refractivity contribution is 0.601. The van der Waals surface area contributed by atoms with E-state index >= 15 is 0 Å². The molecule has 0 spiro atoms. The van der Waals surface area contributed by atoms with E-state index in [-0.39, 0.29) is 4.90 Å². The van der Waals surface area contributed by atoms with Crippen molar-refractivity contribution < 1.29 is 8.42 Å². The molecule has 3 rings (SSSR count). The first-order valence-corrected chi connectivity index (χ1v) is 8.82. The summed E-state index contributed by atoms with van der Waals surface area (Å²) in [6.45, 7) is 0. The Morgan fingerprint density at radius 3 is 2.60 bits per heavy atom. The first kappa shape index (κ1) is 13.5. The van der Waals surface area contributed by atoms with E-state index in [1.807, 2.05) is 0 Å². The molecule has 20 heavy (non-hydrogen) atoms. The van der Waals surface area contributed by atoms with Gasteiger partial charge in [-0.1, -0.05) is 15.9 Å². The Balaban J connectivity index is 1.94. The zero-order chi connectivity index (χ0) is 14.2. The maximum Gasteiger partial charge on any atom is 0.261 e. The average molecular weight is 369 g/mol. The number of halogens is 1. The van der Waals surface area contributed by atoms with E-state index in [2.05, 4.69) is 25.6 Å². The molecule has 1 aromatic heterocycles. The van der Waals surface area contributed by atoms with Crippen molar-refractivity contribution in [1.82, 2.24) is 4.98 Å². The van der Waals surface area contributed by atoms with Gasteiger partial charge >= 0.3 is 0 Å². The Hall–Kier alpha value is -1.44. The van der Waals surface area contributed by atoms with Crippen molar-refractivity contribution in [2.24, 2.45) is 0 Å². The van der Waals surface area contributed by atoms with Gasteiger partial charge in [0.05, 0.1) is 26.3 Å². The SMILES string of the molecule is O=S(=O)(Nc1ccc2ncsc2c1)c1ccc(Br)cc1. The number of nitrogens with zero attached hydrogens (tertiary/aromatic N) is 1. The number of nitrogens with one attached hydrogen (secondary N) is 1. The van der Waals surface area contributed by atoms with Gasteiger partial charge in [-0.05, 0) is 42.5 Å². The smallest absolute Gasteiger partial charge is 0.261 e. The summed E-state index contributed by atoms with van der Waals surface area (Å²) in [6.07, 6.45) is 0. The second kappa shape index (κ2) is 5.16. The van der Waals surface area contributed by atoms with E-state index in [0.717, 1.165) is 14.7 Å². The summed E-state index contributed by atoms with van der Waals surface area (Å²) < 4.78 is 28.8. The van der Waals surface area contributed by atoms with Crippen LogP contribution in [-0.2, 0) is 10.0 Å². The number of sulfonamides is 1. The van der Waals surface area contributed by atoms with Crippen molar-refractivity contribution in [3.8, 4) is 0 Å². The minimum atomic E-state index is -3.57. The molecule has 102 valence electrons. The van der Waals surface area contributed by atoms with Crippen molar-refractivity contribution in [1.29, 1.82) is 0 Å². The van der Waals surface area contributed by atoms with Crippen LogP contribution in [0.2, 0.25) is 0 Å². The Kier molecular flexibility index (Phi) is 3.49. The number of benzene rings is 2. The predicted octanol–water partition coefficient (Wildman–Crippen LogP) is 3.86. The van der Waals surface area contributed by atoms with Crippen molar-refractivity contribution in [2.45, 2.75) is 4.90 Å². The Labute approximate surface area is 128 Å². The summed E-state index contributed by atoms with van der Waals surface area (Å²) in [6, 6.07) is 11.8. The highest BCUT2D eigenvalue weighted by Crippen LogP contribution is 2.24. The third kappa shape index (κ3) is 2.70. The zero-order valence-corrected chi connectivity index (χ0v) is 13.3. The molecule has 2 aromatic carbocycles. The molecule has 3 aromatic rings. The number of hydrogen-bond donors (Lipinski definition) is 1. The lowest BCUT2D eigenvalue weighted by Crippen LogP contribution is -2.12. The molecular formula is C13H9BrN2O2S2. The van der Waals surface area contributed by atoms with E-state index in [9.17, 15) is 8.42 Å². The van der Waals surface area contributed by atoms with Crippen LogP contribution in [0, 0.1) is 0 Å². The number of hydrogen-bond acceptors (Lipinski definition) is 4. The first-order chi connectivity index (χ1) is 9.54. The number of thiazole rings is 1. The summed E-state index contributed by atoms with van der Waals surface area (Å²) in [5.41, 5.74) is 3.13. The summed E-state index contributed by atoms with van der Waals surface area (Å²) in [5, 5.41) is 0. The van der Waals surface area contributed by atoms with Gasteiger partial charge in [-0.2, -0.15) is 0 Å². The zero-order valence-electron chi connectivity index (χ0n) is 10.1. The van der Waals surface area contributed by atoms with Gasteiger partial charge in [-0.15, -0.1) is 11.3 Å². The predicted molar refractivity (Wildman–Crippen MR) is 84.6 cm³/mol. The second-order valence-electron chi connectivity index (χ2n) is 4.09. The van der Waals surface area contributed by atoms with E-state index in [4.69, 9.17) is 0 Å². The normalized spacial score (nSPS) is 11.7. The van der Waals surface area contributed by atoms with Gasteiger partial charge < -0.3 is 0 Å². The van der Waals surface area contributed by atoms with E-state index in [1.165, 1.54) is 11.3 Å². The molecule has 1 N–H and O–H groups in total. The Morgan fingerprint density at radius 2 is 1.85 bits per heavy atom. The highest BCUT2D eigenvalue weighted by molar-refractivity contribution is 9.10. The fourth-order valence-electron chi connectivity index (χ4n) is 1.75. The quantitative estimate of drug-likeness (QED) is 0.763. The molecule has 0 saturated heterocycles. The molecule has 0 bridgehead atoms. The van der Waals surface area contributed by atoms with Crippen molar-refractivity contribution in [3.05, 3.63) is 52.4 Å². The summed E-state index contributed by atoms with van der Waals surface area (Å²) in [4.78, 5) is 4.39. The van der Waals surface area contributed by atoms with E-state index < -0.39 is 10.0 Å². The van der Waals surface area contributed by atoms with Crippen LogP contribution in [0.1, 0.15) is 0 Å². The molecule has 0 fully saturated rings. The van der Waals surface area contributed by atoms with Gasteiger partial charge in [0.25, 0.3) is 10.0 Å². The molecule has 0 unspecified atom stereocenters. The van der Waals surface area contributed by atoms with Crippen molar-refractivity contribution >= 4 is 53.2 Å². The fourth-order valence-corrected chi connectivity index (χ4v) is 3.78. The number of anilines is 1. The van der Waals surface area contributed by atoms with Crippen LogP contribution in [0.5, 0.6) is 0 Å². The van der Waals surface area contributed by atoms with Crippen LogP contribution in [0.15, 0.2) is 57.3 Å². The molecule has 0 aliphatic rings. The molecule has 0 radical (unpaired) electrons. The molecule has 0 amide bonds. The Morgan fingerprint density at radius 1 is 1.10 bits per heavy atom. The van der Waals surface area contributed by atoms with Crippen LogP contribution in [0.25, 0.3) is 10.2 Å². The van der Waals surface area contributed by atoms with Gasteiger partial charge in [0.1, 0.15) is 0 Å². The molecule has 7 heteroatoms. The fraction of sp³-hybridized carbons (Fsp3) is 0. The lowest BCUT2D eigenvalue weighted by atomic mass is 10.3. The third-order valence-electron chi connectivity index (χ3n) is 2.71. The summed E-state index contributed by atoms with van der Waals surface area (Å²) in [5.74, 6) is 0. The van der Waals surface area contributed by atoms with Gasteiger partial charge in [-0.25, -0.2) is 13.4 Å². The van der Waals surface area contributed by atoms with Crippen LogP contribution in [0.4, 0.5) is 5.69 Å². The van der Waals surface area contributed by atoms with Crippen molar-refractivity contribution in [3.63, 3.8) is 0 Å². The maximum absolute atomic E-state index is 12.2. The number of aromatic nitrogens is 1. The topological polar surface area (TPSA) is 59.1 Å². The standard InChI is InChI=1S/C13H9BrN2O2S2/c14-9-1-4-11(5-2-9)20(17,18)16-10-3-6-12-13(7-10)19-8-15-12/h1-8,16H. The lowest BCUT2D eigenvalue weighted by Gasteiger charge is -2.08. The van der Waals surface area contributed by atoms with Crippen LogP contribution >= 0.6 is 27.3 Å². The van der Waals surface area contributed by atoms with Gasteiger partial charge in [0.15, 0.2) is 0 Å². The van der Waals surface area contributed by atoms with Crippen LogP contribution in [-0.4, -0.2) is 13.4 Å². The summed E-state index contributed by atoms with van der Waals surface area (Å²) in [7, 11) is -3.57. The van der Waals surface area contributed by atoms with Gasteiger partial charge in [0.2, 0.25) is 0 Å². The van der Waals surface area contributed by atoms with Crippen LogP contribution in [0.3, 0.4) is 0 Å². The highest BCUT2D eigenvalue weighted by atomic mass is 79.9. The monoisotopic (exact) mass is 368 g/mol. The van der Waals surface area contributed by atoms with E-state index in [1.54, 1.807) is 48.0 Å². The molecule has 0 atom stereocenters. The molecule has 4 nitrogen and oxygen atoms in total.